The highest BCUT2D eigenvalue weighted by atomic mass is 35.5. The molecule has 0 aromatic heterocycles. The van der Waals surface area contributed by atoms with E-state index in [1.165, 1.54) is 9.80 Å². The first kappa shape index (κ1) is 22.7. The van der Waals surface area contributed by atoms with Crippen LogP contribution in [0.15, 0.2) is 65.9 Å². The predicted octanol–water partition coefficient (Wildman–Crippen LogP) is 2.72. The van der Waals surface area contributed by atoms with E-state index in [4.69, 9.17) is 16.3 Å². The molecular formula is C24H25ClN4O4. The van der Waals surface area contributed by atoms with E-state index in [-0.39, 0.29) is 24.4 Å². The molecule has 172 valence electrons. The number of hydrogen-bond donors (Lipinski definition) is 2. The van der Waals surface area contributed by atoms with Crippen molar-refractivity contribution in [1.29, 1.82) is 0 Å². The van der Waals surface area contributed by atoms with E-state index in [9.17, 15) is 14.4 Å². The zero-order chi connectivity index (χ0) is 23.5. The molecule has 0 bridgehead atoms. The average molecular weight is 469 g/mol. The average Bonchev–Trinajstić information content (AvgIpc) is 3.17. The van der Waals surface area contributed by atoms with Crippen LogP contribution in [-0.4, -0.2) is 60.4 Å². The number of nitrogens with one attached hydrogen (secondary N) is 2. The molecule has 2 aromatic carbocycles. The van der Waals surface area contributed by atoms with E-state index in [0.29, 0.717) is 35.0 Å². The molecule has 0 unspecified atom stereocenters. The van der Waals surface area contributed by atoms with Gasteiger partial charge in [0.05, 0.1) is 30.4 Å². The quantitative estimate of drug-likeness (QED) is 0.611. The smallest absolute Gasteiger partial charge is 0.322 e. The molecule has 33 heavy (non-hydrogen) atoms. The Kier molecular flexibility index (Phi) is 6.55. The summed E-state index contributed by atoms with van der Waals surface area (Å²) < 4.78 is 5.59. The molecule has 4 amide bonds. The van der Waals surface area contributed by atoms with Crippen LogP contribution < -0.4 is 15.4 Å². The Hall–Kier alpha value is -3.52. The van der Waals surface area contributed by atoms with Gasteiger partial charge in [0.2, 0.25) is 5.91 Å². The van der Waals surface area contributed by atoms with Crippen molar-refractivity contribution in [2.24, 2.45) is 0 Å². The molecule has 0 radical (unpaired) electrons. The summed E-state index contributed by atoms with van der Waals surface area (Å²) in [5, 5.41) is 6.11. The third kappa shape index (κ3) is 4.52. The van der Waals surface area contributed by atoms with Gasteiger partial charge in [-0.2, -0.15) is 0 Å². The Labute approximate surface area is 197 Å². The summed E-state index contributed by atoms with van der Waals surface area (Å²) in [7, 11) is 1.61. The van der Waals surface area contributed by atoms with Crippen molar-refractivity contribution in [2.75, 3.05) is 26.7 Å². The number of halogens is 1. The fourth-order valence-corrected chi connectivity index (χ4v) is 4.24. The van der Waals surface area contributed by atoms with Crippen LogP contribution in [0.3, 0.4) is 0 Å². The molecule has 0 saturated heterocycles. The van der Waals surface area contributed by atoms with Gasteiger partial charge < -0.3 is 20.3 Å². The summed E-state index contributed by atoms with van der Waals surface area (Å²) in [5.74, 6) is 0.123. The summed E-state index contributed by atoms with van der Waals surface area (Å²) in [6, 6.07) is 14.7. The Morgan fingerprint density at radius 2 is 1.88 bits per heavy atom. The van der Waals surface area contributed by atoms with E-state index in [1.54, 1.807) is 38.2 Å². The molecular weight excluding hydrogens is 444 g/mol. The summed E-state index contributed by atoms with van der Waals surface area (Å²) in [5.41, 5.74) is 1.64. The first-order valence-corrected chi connectivity index (χ1v) is 11.0. The van der Waals surface area contributed by atoms with E-state index in [0.717, 1.165) is 5.75 Å². The van der Waals surface area contributed by atoms with Gasteiger partial charge in [0.1, 0.15) is 18.4 Å². The first-order chi connectivity index (χ1) is 15.9. The molecule has 2 N–H and O–H groups in total. The number of rotatable bonds is 7. The Morgan fingerprint density at radius 3 is 2.61 bits per heavy atom. The lowest BCUT2D eigenvalue weighted by atomic mass is 9.95. The molecule has 0 saturated carbocycles. The van der Waals surface area contributed by atoms with Gasteiger partial charge in [-0.1, -0.05) is 48.0 Å². The van der Waals surface area contributed by atoms with E-state index < -0.39 is 12.1 Å². The minimum atomic E-state index is -0.727. The van der Waals surface area contributed by atoms with E-state index >= 15 is 0 Å². The van der Waals surface area contributed by atoms with Crippen LogP contribution >= 0.6 is 11.6 Å². The SMILES string of the molecule is C[C@H](C(=O)NCCOc1ccccc1)N1CC2=C(C1=O)[C@@H](c1ccccc1Cl)NC(=O)N2C. The number of nitrogens with zero attached hydrogens (tertiary/aromatic N) is 2. The summed E-state index contributed by atoms with van der Waals surface area (Å²) >= 11 is 6.36. The Balaban J connectivity index is 1.44. The summed E-state index contributed by atoms with van der Waals surface area (Å²) in [6.45, 7) is 2.44. The second-order valence-electron chi connectivity index (χ2n) is 7.88. The highest BCUT2D eigenvalue weighted by Gasteiger charge is 2.45. The maximum absolute atomic E-state index is 13.4. The zero-order valence-electron chi connectivity index (χ0n) is 18.4. The largest absolute Gasteiger partial charge is 0.492 e. The molecule has 2 atom stereocenters. The molecule has 2 aromatic rings. The molecule has 2 heterocycles. The van der Waals surface area contributed by atoms with Crippen LogP contribution in [0.4, 0.5) is 4.79 Å². The van der Waals surface area contributed by atoms with Crippen molar-refractivity contribution in [3.63, 3.8) is 0 Å². The highest BCUT2D eigenvalue weighted by molar-refractivity contribution is 6.31. The third-order valence-corrected chi connectivity index (χ3v) is 6.21. The number of likely N-dealkylation sites (N-methyl/N-ethyl adjacent to an activating group) is 1. The van der Waals surface area contributed by atoms with E-state index in [1.807, 2.05) is 30.3 Å². The third-order valence-electron chi connectivity index (χ3n) is 5.86. The fourth-order valence-electron chi connectivity index (χ4n) is 3.99. The topological polar surface area (TPSA) is 91.0 Å². The molecule has 0 spiro atoms. The summed E-state index contributed by atoms with van der Waals surface area (Å²) in [4.78, 5) is 41.6. The summed E-state index contributed by atoms with van der Waals surface area (Å²) in [6.07, 6.45) is 0. The van der Waals surface area contributed by atoms with Gasteiger partial charge in [0, 0.05) is 12.1 Å². The molecule has 9 heteroatoms. The molecule has 8 nitrogen and oxygen atoms in total. The van der Waals surface area contributed by atoms with Crippen LogP contribution in [-0.2, 0) is 9.59 Å². The number of hydrogen-bond acceptors (Lipinski definition) is 4. The number of benzene rings is 2. The Bertz CT molecular complexity index is 1100. The molecule has 4 rings (SSSR count). The molecule has 0 fully saturated rings. The van der Waals surface area contributed by atoms with Gasteiger partial charge in [-0.15, -0.1) is 0 Å². The lowest BCUT2D eigenvalue weighted by Gasteiger charge is -2.31. The monoisotopic (exact) mass is 468 g/mol. The van der Waals surface area contributed by atoms with Crippen LogP contribution in [0.2, 0.25) is 5.02 Å². The predicted molar refractivity (Wildman–Crippen MR) is 124 cm³/mol. The molecule has 2 aliphatic rings. The minimum absolute atomic E-state index is 0.161. The maximum Gasteiger partial charge on any atom is 0.322 e. The van der Waals surface area contributed by atoms with Crippen molar-refractivity contribution in [2.45, 2.75) is 19.0 Å². The number of carbonyl (C=O) groups excluding carboxylic acids is 3. The fraction of sp³-hybridized carbons (Fsp3) is 0.292. The number of ether oxygens (including phenoxy) is 1. The maximum atomic E-state index is 13.4. The van der Waals surface area contributed by atoms with Gasteiger partial charge in [-0.25, -0.2) is 4.79 Å². The number of amides is 4. The molecule has 0 aliphatic carbocycles. The van der Waals surface area contributed by atoms with E-state index in [2.05, 4.69) is 10.6 Å². The lowest BCUT2D eigenvalue weighted by Crippen LogP contribution is -2.47. The minimum Gasteiger partial charge on any atom is -0.492 e. The van der Waals surface area contributed by atoms with Crippen molar-refractivity contribution >= 4 is 29.4 Å². The van der Waals surface area contributed by atoms with Crippen molar-refractivity contribution in [1.82, 2.24) is 20.4 Å². The highest BCUT2D eigenvalue weighted by Crippen LogP contribution is 2.38. The van der Waals surface area contributed by atoms with Crippen LogP contribution in [0.1, 0.15) is 18.5 Å². The van der Waals surface area contributed by atoms with Crippen LogP contribution in [0.5, 0.6) is 5.75 Å². The van der Waals surface area contributed by atoms with Gasteiger partial charge >= 0.3 is 6.03 Å². The van der Waals surface area contributed by atoms with Gasteiger partial charge in [0.15, 0.2) is 0 Å². The molecule has 2 aliphatic heterocycles. The lowest BCUT2D eigenvalue weighted by molar-refractivity contribution is -0.135. The number of urea groups is 1. The van der Waals surface area contributed by atoms with Gasteiger partial charge in [-0.3, -0.25) is 14.5 Å². The van der Waals surface area contributed by atoms with Gasteiger partial charge in [0.25, 0.3) is 5.91 Å². The second-order valence-corrected chi connectivity index (χ2v) is 8.29. The normalized spacial score (nSPS) is 18.7. The number of carbonyl (C=O) groups is 3. The Morgan fingerprint density at radius 1 is 1.18 bits per heavy atom. The standard InChI is InChI=1S/C24H25ClN4O4/c1-15(22(30)26-12-13-33-16-8-4-3-5-9-16)29-14-19-20(23(29)31)21(27-24(32)28(19)2)17-10-6-7-11-18(17)25/h3-11,15,21H,12-14H2,1-2H3,(H,26,30)(H,27,32)/t15-,21-/m1/s1. The zero-order valence-corrected chi connectivity index (χ0v) is 19.1. The second kappa shape index (κ2) is 9.54. The van der Waals surface area contributed by atoms with Crippen molar-refractivity contribution in [3.05, 3.63) is 76.5 Å². The first-order valence-electron chi connectivity index (χ1n) is 10.7. The van der Waals surface area contributed by atoms with Gasteiger partial charge in [-0.05, 0) is 30.7 Å². The number of para-hydroxylation sites is 1. The van der Waals surface area contributed by atoms with Crippen LogP contribution in [0, 0.1) is 0 Å². The van der Waals surface area contributed by atoms with Crippen molar-refractivity contribution < 1.29 is 19.1 Å². The van der Waals surface area contributed by atoms with Crippen LogP contribution in [0.25, 0.3) is 0 Å². The van der Waals surface area contributed by atoms with Crippen molar-refractivity contribution in [3.8, 4) is 5.75 Å².